The molecule has 2 aromatic heterocycles. The fraction of sp³-hybridized carbons (Fsp3) is 0.522. The van der Waals surface area contributed by atoms with Gasteiger partial charge in [0.05, 0.1) is 18.9 Å². The van der Waals surface area contributed by atoms with Gasteiger partial charge in [-0.1, -0.05) is 0 Å². The van der Waals surface area contributed by atoms with Crippen LogP contribution in [0.15, 0.2) is 36.4 Å². The number of carbonyl (C=O) groups is 1. The van der Waals surface area contributed by atoms with E-state index in [9.17, 15) is 4.79 Å². The number of rotatable bonds is 4. The largest absolute Gasteiger partial charge is 0.361 e. The van der Waals surface area contributed by atoms with Crippen LogP contribution in [-0.4, -0.2) is 93.8 Å². The van der Waals surface area contributed by atoms with Gasteiger partial charge in [0.1, 0.15) is 0 Å². The number of aromatic amines is 1. The Morgan fingerprint density at radius 1 is 1.25 bits per heavy atom. The van der Waals surface area contributed by atoms with Gasteiger partial charge in [0.15, 0.2) is 0 Å². The van der Waals surface area contributed by atoms with E-state index in [0.29, 0.717) is 13.1 Å². The molecular weight excluding hydrogens is 404 g/mol. The SMILES string of the molecule is CN1C=C(CN2CCCC(NC(=O)N3CCc4[nH]nc(-c5ccncc5)c4C3)C2)N(C)C1. The summed E-state index contributed by atoms with van der Waals surface area (Å²) in [6, 6.07) is 4.13. The van der Waals surface area contributed by atoms with Gasteiger partial charge in [-0.15, -0.1) is 0 Å². The van der Waals surface area contributed by atoms with Crippen molar-refractivity contribution in [2.45, 2.75) is 31.8 Å². The molecule has 5 rings (SSSR count). The molecule has 0 aliphatic carbocycles. The lowest BCUT2D eigenvalue weighted by molar-refractivity contribution is 0.164. The predicted molar refractivity (Wildman–Crippen MR) is 122 cm³/mol. The summed E-state index contributed by atoms with van der Waals surface area (Å²) in [5, 5.41) is 11.0. The number of piperidine rings is 1. The first-order valence-electron chi connectivity index (χ1n) is 11.4. The quantitative estimate of drug-likeness (QED) is 0.759. The van der Waals surface area contributed by atoms with Gasteiger partial charge >= 0.3 is 6.03 Å². The summed E-state index contributed by atoms with van der Waals surface area (Å²) < 4.78 is 0. The van der Waals surface area contributed by atoms with Crippen LogP contribution < -0.4 is 5.32 Å². The van der Waals surface area contributed by atoms with E-state index in [1.165, 1.54) is 5.70 Å². The van der Waals surface area contributed by atoms with Crippen molar-refractivity contribution in [1.82, 2.24) is 40.1 Å². The normalized spacial score (nSPS) is 21.5. The Hall–Kier alpha value is -3.07. The summed E-state index contributed by atoms with van der Waals surface area (Å²) in [6.45, 7) is 5.14. The standard InChI is InChI=1S/C23H32N8O/c1-28-13-19(29(2)16-28)14-30-10-3-4-18(12-30)25-23(32)31-11-7-21-20(15-31)22(27-26-21)17-5-8-24-9-6-17/h5-6,8-9,13,18H,3-4,7,10-12,14-16H2,1-2H3,(H,25,32)(H,26,27). The molecule has 2 aromatic rings. The number of fused-ring (bicyclic) bond motifs is 1. The van der Waals surface area contributed by atoms with Crippen molar-refractivity contribution in [3.63, 3.8) is 0 Å². The minimum absolute atomic E-state index is 0.0290. The number of urea groups is 1. The van der Waals surface area contributed by atoms with Gasteiger partial charge in [-0.2, -0.15) is 5.10 Å². The topological polar surface area (TPSA) is 83.6 Å². The highest BCUT2D eigenvalue weighted by Crippen LogP contribution is 2.28. The van der Waals surface area contributed by atoms with Crippen LogP contribution in [0.1, 0.15) is 24.1 Å². The lowest BCUT2D eigenvalue weighted by Gasteiger charge is -2.36. The summed E-state index contributed by atoms with van der Waals surface area (Å²) in [5.41, 5.74) is 5.53. The fourth-order valence-electron chi connectivity index (χ4n) is 5.01. The van der Waals surface area contributed by atoms with E-state index >= 15 is 0 Å². The molecule has 1 unspecified atom stereocenters. The van der Waals surface area contributed by atoms with E-state index in [-0.39, 0.29) is 12.1 Å². The van der Waals surface area contributed by atoms with Crippen molar-refractivity contribution in [1.29, 1.82) is 0 Å². The van der Waals surface area contributed by atoms with Gasteiger partial charge in [-0.05, 0) is 31.5 Å². The molecule has 1 saturated heterocycles. The molecule has 0 spiro atoms. The maximum absolute atomic E-state index is 13.1. The first-order valence-corrected chi connectivity index (χ1v) is 11.4. The monoisotopic (exact) mass is 436 g/mol. The van der Waals surface area contributed by atoms with Gasteiger partial charge in [0, 0.05) is 87.3 Å². The number of likely N-dealkylation sites (tertiary alicyclic amines) is 1. The number of amides is 2. The second-order valence-electron chi connectivity index (χ2n) is 9.18. The highest BCUT2D eigenvalue weighted by atomic mass is 16.2. The molecule has 3 aliphatic rings. The Kier molecular flexibility index (Phi) is 5.73. The minimum atomic E-state index is 0.0290. The molecule has 9 heteroatoms. The lowest BCUT2D eigenvalue weighted by atomic mass is 10.0. The molecule has 0 aromatic carbocycles. The fourth-order valence-corrected chi connectivity index (χ4v) is 5.01. The third kappa shape index (κ3) is 4.29. The number of nitrogens with one attached hydrogen (secondary N) is 2. The van der Waals surface area contributed by atoms with Crippen molar-refractivity contribution in [2.75, 3.05) is 46.9 Å². The molecular formula is C23H32N8O. The van der Waals surface area contributed by atoms with Crippen molar-refractivity contribution in [3.05, 3.63) is 47.7 Å². The third-order valence-electron chi connectivity index (χ3n) is 6.69. The van der Waals surface area contributed by atoms with Crippen molar-refractivity contribution in [3.8, 4) is 11.3 Å². The van der Waals surface area contributed by atoms with Crippen molar-refractivity contribution < 1.29 is 4.79 Å². The Morgan fingerprint density at radius 2 is 2.09 bits per heavy atom. The van der Waals surface area contributed by atoms with Crippen LogP contribution in [0.25, 0.3) is 11.3 Å². The zero-order chi connectivity index (χ0) is 22.1. The van der Waals surface area contributed by atoms with Crippen LogP contribution in [0.5, 0.6) is 0 Å². The maximum atomic E-state index is 13.1. The van der Waals surface area contributed by atoms with Gasteiger partial charge < -0.3 is 20.0 Å². The molecule has 1 fully saturated rings. The van der Waals surface area contributed by atoms with E-state index in [1.54, 1.807) is 12.4 Å². The van der Waals surface area contributed by atoms with Crippen molar-refractivity contribution >= 4 is 6.03 Å². The van der Waals surface area contributed by atoms with Crippen LogP contribution in [0, 0.1) is 0 Å². The van der Waals surface area contributed by atoms with Crippen LogP contribution in [0.2, 0.25) is 0 Å². The first kappa shape index (κ1) is 20.8. The molecule has 5 heterocycles. The first-order chi connectivity index (χ1) is 15.6. The lowest BCUT2D eigenvalue weighted by Crippen LogP contribution is -2.52. The zero-order valence-electron chi connectivity index (χ0n) is 18.9. The molecule has 0 radical (unpaired) electrons. The molecule has 1 atom stereocenters. The Balaban J connectivity index is 1.20. The van der Waals surface area contributed by atoms with E-state index < -0.39 is 0 Å². The molecule has 2 amide bonds. The Bertz CT molecular complexity index is 987. The summed E-state index contributed by atoms with van der Waals surface area (Å²) >= 11 is 0. The number of carbonyl (C=O) groups excluding carboxylic acids is 1. The third-order valence-corrected chi connectivity index (χ3v) is 6.69. The molecule has 2 N–H and O–H groups in total. The molecule has 32 heavy (non-hydrogen) atoms. The second-order valence-corrected chi connectivity index (χ2v) is 9.18. The molecule has 9 nitrogen and oxygen atoms in total. The van der Waals surface area contributed by atoms with Crippen molar-refractivity contribution in [2.24, 2.45) is 0 Å². The number of pyridine rings is 1. The summed E-state index contributed by atoms with van der Waals surface area (Å²) in [6.07, 6.45) is 8.70. The Morgan fingerprint density at radius 3 is 2.88 bits per heavy atom. The van der Waals surface area contributed by atoms with Crippen LogP contribution in [0.4, 0.5) is 4.79 Å². The van der Waals surface area contributed by atoms with E-state index in [1.807, 2.05) is 17.0 Å². The van der Waals surface area contributed by atoms with Gasteiger partial charge in [-0.3, -0.25) is 15.0 Å². The summed E-state index contributed by atoms with van der Waals surface area (Å²) in [5.74, 6) is 0. The van der Waals surface area contributed by atoms with E-state index in [2.05, 4.69) is 55.5 Å². The number of nitrogens with zero attached hydrogens (tertiary/aromatic N) is 6. The summed E-state index contributed by atoms with van der Waals surface area (Å²) in [4.78, 5) is 26.1. The highest BCUT2D eigenvalue weighted by Gasteiger charge is 2.29. The van der Waals surface area contributed by atoms with Crippen LogP contribution in [-0.2, 0) is 13.0 Å². The van der Waals surface area contributed by atoms with Crippen LogP contribution in [0.3, 0.4) is 0 Å². The van der Waals surface area contributed by atoms with Gasteiger partial charge in [-0.25, -0.2) is 4.79 Å². The van der Waals surface area contributed by atoms with Gasteiger partial charge in [0.2, 0.25) is 0 Å². The number of hydrogen-bond donors (Lipinski definition) is 2. The Labute approximate surface area is 189 Å². The number of likely N-dealkylation sites (N-methyl/N-ethyl adjacent to an activating group) is 1. The average Bonchev–Trinajstić information content (AvgIpc) is 3.36. The molecule has 170 valence electrons. The number of H-pyrrole nitrogens is 1. The minimum Gasteiger partial charge on any atom is -0.361 e. The zero-order valence-corrected chi connectivity index (χ0v) is 18.9. The highest BCUT2D eigenvalue weighted by molar-refractivity contribution is 5.75. The molecule has 3 aliphatic heterocycles. The maximum Gasteiger partial charge on any atom is 0.317 e. The second kappa shape index (κ2) is 8.82. The summed E-state index contributed by atoms with van der Waals surface area (Å²) in [7, 11) is 4.24. The van der Waals surface area contributed by atoms with E-state index in [0.717, 1.165) is 68.1 Å². The molecule has 0 saturated carbocycles. The molecule has 0 bridgehead atoms. The smallest absolute Gasteiger partial charge is 0.317 e. The number of hydrogen-bond acceptors (Lipinski definition) is 6. The van der Waals surface area contributed by atoms with E-state index in [4.69, 9.17) is 0 Å². The predicted octanol–water partition coefficient (Wildman–Crippen LogP) is 1.68. The van der Waals surface area contributed by atoms with Gasteiger partial charge in [0.25, 0.3) is 0 Å². The van der Waals surface area contributed by atoms with Crippen LogP contribution >= 0.6 is 0 Å². The number of aromatic nitrogens is 3. The average molecular weight is 437 g/mol.